The first-order valence-corrected chi connectivity index (χ1v) is 2.44. The fraction of sp³-hybridized carbons (Fsp3) is 0.250. The predicted octanol–water partition coefficient (Wildman–Crippen LogP) is -1.39. The lowest BCUT2D eigenvalue weighted by molar-refractivity contribution is 0.489. The number of aromatic nitrogens is 3. The van der Waals surface area contributed by atoms with Crippen molar-refractivity contribution >= 4 is 0 Å². The Balaban J connectivity index is 3.59. The predicted molar refractivity (Wildman–Crippen MR) is 30.1 cm³/mol. The smallest absolute Gasteiger partial charge is 0.269 e. The molecule has 1 N–H and O–H groups in total. The molecule has 1 aromatic rings. The molecular weight excluding hydrogens is 141 g/mol. The van der Waals surface area contributed by atoms with Crippen molar-refractivity contribution in [2.45, 2.75) is 0 Å². The molecule has 0 bridgehead atoms. The van der Waals surface area contributed by atoms with E-state index in [9.17, 15) is 14.0 Å². The Kier molecular flexibility index (Phi) is 1.37. The summed E-state index contributed by atoms with van der Waals surface area (Å²) in [6, 6.07) is 0. The van der Waals surface area contributed by atoms with Gasteiger partial charge >= 0.3 is 11.2 Å². The van der Waals surface area contributed by atoms with Crippen molar-refractivity contribution in [2.75, 3.05) is 0 Å². The third kappa shape index (κ3) is 0.949. The average Bonchev–Trinajstić information content (AvgIpc) is 1.84. The average molecular weight is 145 g/mol. The minimum atomic E-state index is -1.21. The van der Waals surface area contributed by atoms with Gasteiger partial charge in [-0.25, -0.2) is 9.48 Å². The van der Waals surface area contributed by atoms with Gasteiger partial charge in [0.1, 0.15) is 0 Å². The van der Waals surface area contributed by atoms with E-state index in [0.29, 0.717) is 4.68 Å². The molecule has 0 radical (unpaired) electrons. The molecule has 0 amide bonds. The Morgan fingerprint density at radius 3 is 2.70 bits per heavy atom. The van der Waals surface area contributed by atoms with Crippen molar-refractivity contribution in [2.24, 2.45) is 7.05 Å². The number of aromatic amines is 1. The Bertz CT molecular complexity index is 321. The summed E-state index contributed by atoms with van der Waals surface area (Å²) in [6.45, 7) is 0. The molecule has 0 aliphatic carbocycles. The largest absolute Gasteiger partial charge is 0.344 e. The summed E-state index contributed by atoms with van der Waals surface area (Å²) in [5.74, 6) is -1.21. The van der Waals surface area contributed by atoms with Gasteiger partial charge in [0.05, 0.1) is 0 Å². The molecule has 0 fully saturated rings. The van der Waals surface area contributed by atoms with Crippen LogP contribution in [0.2, 0.25) is 0 Å². The molecule has 10 heavy (non-hydrogen) atoms. The van der Waals surface area contributed by atoms with E-state index in [1.807, 2.05) is 0 Å². The van der Waals surface area contributed by atoms with Crippen LogP contribution in [0.3, 0.4) is 0 Å². The first-order chi connectivity index (χ1) is 4.61. The van der Waals surface area contributed by atoms with Gasteiger partial charge in [-0.05, 0) is 0 Å². The van der Waals surface area contributed by atoms with E-state index in [1.54, 1.807) is 4.98 Å². The van der Waals surface area contributed by atoms with Crippen molar-refractivity contribution in [3.05, 3.63) is 26.8 Å². The molecule has 0 aliphatic rings. The van der Waals surface area contributed by atoms with Gasteiger partial charge < -0.3 is 0 Å². The molecule has 0 saturated heterocycles. The molecule has 54 valence electrons. The lowest BCUT2D eigenvalue weighted by Gasteiger charge is -1.90. The van der Waals surface area contributed by atoms with Crippen LogP contribution in [0.25, 0.3) is 0 Å². The molecule has 0 unspecified atom stereocenters. The quantitative estimate of drug-likeness (QED) is 0.488. The van der Waals surface area contributed by atoms with E-state index in [2.05, 4.69) is 5.10 Å². The van der Waals surface area contributed by atoms with Gasteiger partial charge in [0.2, 0.25) is 0 Å². The van der Waals surface area contributed by atoms with Crippen LogP contribution in [0, 0.1) is 5.95 Å². The fourth-order valence-corrected chi connectivity index (χ4v) is 0.452. The zero-order chi connectivity index (χ0) is 7.72. The highest BCUT2D eigenvalue weighted by molar-refractivity contribution is 4.72. The molecule has 0 aromatic carbocycles. The summed E-state index contributed by atoms with van der Waals surface area (Å²) >= 11 is 0. The molecule has 5 nitrogen and oxygen atoms in total. The van der Waals surface area contributed by atoms with Gasteiger partial charge in [-0.3, -0.25) is 9.78 Å². The molecule has 0 saturated carbocycles. The van der Waals surface area contributed by atoms with Crippen LogP contribution in [-0.4, -0.2) is 14.8 Å². The number of H-pyrrole nitrogens is 1. The van der Waals surface area contributed by atoms with Crippen LogP contribution in [0.4, 0.5) is 4.39 Å². The topological polar surface area (TPSA) is 67.8 Å². The molecule has 6 heteroatoms. The van der Waals surface area contributed by atoms with Crippen LogP contribution in [-0.2, 0) is 7.05 Å². The third-order valence-electron chi connectivity index (χ3n) is 0.940. The minimum Gasteiger partial charge on any atom is -0.269 e. The first kappa shape index (κ1) is 6.66. The van der Waals surface area contributed by atoms with E-state index in [-0.39, 0.29) is 0 Å². The zero-order valence-electron chi connectivity index (χ0n) is 5.09. The number of nitrogens with one attached hydrogen (secondary N) is 1. The minimum absolute atomic E-state index is 0.705. The second-order valence-corrected chi connectivity index (χ2v) is 1.67. The SMILES string of the molecule is Cn1nc(F)c(=O)[nH]c1=O. The van der Waals surface area contributed by atoms with E-state index in [0.717, 1.165) is 0 Å². The van der Waals surface area contributed by atoms with Crippen molar-refractivity contribution in [1.82, 2.24) is 14.8 Å². The normalized spacial score (nSPS) is 9.80. The summed E-state index contributed by atoms with van der Waals surface area (Å²) < 4.78 is 12.9. The number of rotatable bonds is 0. The molecule has 1 heterocycles. The van der Waals surface area contributed by atoms with Gasteiger partial charge in [-0.2, -0.15) is 4.39 Å². The Hall–Kier alpha value is -1.46. The Labute approximate surface area is 54.1 Å². The molecule has 1 rings (SSSR count). The number of hydrogen-bond acceptors (Lipinski definition) is 3. The summed E-state index contributed by atoms with van der Waals surface area (Å²) in [6.07, 6.45) is 0. The maximum atomic E-state index is 12.1. The van der Waals surface area contributed by atoms with E-state index in [4.69, 9.17) is 0 Å². The second-order valence-electron chi connectivity index (χ2n) is 1.67. The van der Waals surface area contributed by atoms with E-state index >= 15 is 0 Å². The van der Waals surface area contributed by atoms with Gasteiger partial charge in [0, 0.05) is 7.05 Å². The monoisotopic (exact) mass is 145 g/mol. The van der Waals surface area contributed by atoms with Gasteiger partial charge in [0.15, 0.2) is 0 Å². The van der Waals surface area contributed by atoms with Gasteiger partial charge in [-0.1, -0.05) is 0 Å². The van der Waals surface area contributed by atoms with Crippen LogP contribution in [0.15, 0.2) is 9.59 Å². The van der Waals surface area contributed by atoms with Crippen LogP contribution in [0.1, 0.15) is 0 Å². The maximum Gasteiger partial charge on any atom is 0.344 e. The number of aryl methyl sites for hydroxylation is 1. The summed E-state index contributed by atoms with van der Waals surface area (Å²) in [4.78, 5) is 22.5. The molecular formula is C4H4FN3O2. The fourth-order valence-electron chi connectivity index (χ4n) is 0.452. The Morgan fingerprint density at radius 2 is 2.20 bits per heavy atom. The second kappa shape index (κ2) is 2.05. The van der Waals surface area contributed by atoms with E-state index in [1.165, 1.54) is 7.05 Å². The summed E-state index contributed by atoms with van der Waals surface area (Å²) in [7, 11) is 1.24. The number of halogens is 1. The molecule has 0 spiro atoms. The van der Waals surface area contributed by atoms with Crippen molar-refractivity contribution in [1.29, 1.82) is 0 Å². The first-order valence-electron chi connectivity index (χ1n) is 2.44. The standard InChI is InChI=1S/C4H4FN3O2/c1-8-4(10)6-3(9)2(5)7-8/h1H3,(H,6,9,10). The number of hydrogen-bond donors (Lipinski definition) is 1. The summed E-state index contributed by atoms with van der Waals surface area (Å²) in [5.41, 5.74) is -1.82. The summed E-state index contributed by atoms with van der Waals surface area (Å²) in [5, 5.41) is 2.97. The van der Waals surface area contributed by atoms with Crippen LogP contribution < -0.4 is 11.2 Å². The highest BCUT2D eigenvalue weighted by Gasteiger charge is 1.99. The van der Waals surface area contributed by atoms with Crippen LogP contribution >= 0.6 is 0 Å². The lowest BCUT2D eigenvalue weighted by Crippen LogP contribution is -2.32. The van der Waals surface area contributed by atoms with Gasteiger partial charge in [0.25, 0.3) is 5.95 Å². The van der Waals surface area contributed by atoms with Crippen molar-refractivity contribution < 1.29 is 4.39 Å². The van der Waals surface area contributed by atoms with Gasteiger partial charge in [-0.15, -0.1) is 5.10 Å². The number of nitrogens with zero attached hydrogens (tertiary/aromatic N) is 2. The molecule has 0 atom stereocenters. The highest BCUT2D eigenvalue weighted by atomic mass is 19.1. The lowest BCUT2D eigenvalue weighted by atomic mass is 10.8. The third-order valence-corrected chi connectivity index (χ3v) is 0.940. The van der Waals surface area contributed by atoms with Crippen molar-refractivity contribution in [3.63, 3.8) is 0 Å². The van der Waals surface area contributed by atoms with Crippen LogP contribution in [0.5, 0.6) is 0 Å². The highest BCUT2D eigenvalue weighted by Crippen LogP contribution is 1.70. The maximum absolute atomic E-state index is 12.1. The Morgan fingerprint density at radius 1 is 1.60 bits per heavy atom. The van der Waals surface area contributed by atoms with E-state index < -0.39 is 17.2 Å². The molecule has 1 aromatic heterocycles. The molecule has 0 aliphatic heterocycles. The zero-order valence-corrected chi connectivity index (χ0v) is 5.09. The van der Waals surface area contributed by atoms with Crippen molar-refractivity contribution in [3.8, 4) is 0 Å².